The normalized spacial score (nSPS) is 11.8. The Bertz CT molecular complexity index is 1070. The Balaban J connectivity index is 1.74. The molecule has 0 aliphatic heterocycles. The minimum absolute atomic E-state index is 0.0959. The van der Waals surface area contributed by atoms with E-state index in [0.29, 0.717) is 21.5 Å². The molecule has 0 aliphatic rings. The van der Waals surface area contributed by atoms with Gasteiger partial charge in [-0.05, 0) is 44.0 Å². The van der Waals surface area contributed by atoms with E-state index in [1.807, 2.05) is 13.8 Å². The molecule has 3 rings (SSSR count). The van der Waals surface area contributed by atoms with Crippen LogP contribution in [0.15, 0.2) is 34.2 Å². The summed E-state index contributed by atoms with van der Waals surface area (Å²) in [6.45, 7) is 5.52. The van der Waals surface area contributed by atoms with Crippen molar-refractivity contribution in [3.63, 3.8) is 0 Å². The average molecular weight is 372 g/mol. The van der Waals surface area contributed by atoms with Crippen molar-refractivity contribution in [2.24, 2.45) is 5.10 Å². The van der Waals surface area contributed by atoms with Crippen LogP contribution in [-0.2, 0) is 11.2 Å². The molecule has 0 atom stereocenters. The van der Waals surface area contributed by atoms with Gasteiger partial charge in [0.2, 0.25) is 5.91 Å². The number of nitrogens with one attached hydrogen (secondary N) is 2. The number of hydrogen-bond donors (Lipinski definition) is 2. The van der Waals surface area contributed by atoms with E-state index < -0.39 is 5.91 Å². The number of aromatic nitrogens is 2. The number of halogens is 1. The van der Waals surface area contributed by atoms with Gasteiger partial charge in [0.1, 0.15) is 16.5 Å². The van der Waals surface area contributed by atoms with Gasteiger partial charge < -0.3 is 4.98 Å². The topological polar surface area (TPSA) is 87.2 Å². The number of thiophene rings is 1. The Hall–Kier alpha value is -2.87. The minimum atomic E-state index is -0.404. The molecule has 0 spiro atoms. The summed E-state index contributed by atoms with van der Waals surface area (Å²) in [6, 6.07) is 5.81. The largest absolute Gasteiger partial charge is 0.309 e. The highest BCUT2D eigenvalue weighted by Crippen LogP contribution is 2.25. The number of carbonyl (C=O) groups excluding carboxylic acids is 1. The van der Waals surface area contributed by atoms with E-state index in [1.165, 1.54) is 23.5 Å². The van der Waals surface area contributed by atoms with Gasteiger partial charge >= 0.3 is 0 Å². The summed E-state index contributed by atoms with van der Waals surface area (Å²) in [5.74, 6) is -0.454. The van der Waals surface area contributed by atoms with Crippen LogP contribution in [0.5, 0.6) is 0 Å². The van der Waals surface area contributed by atoms with Gasteiger partial charge in [-0.3, -0.25) is 9.59 Å². The predicted octanol–water partition coefficient (Wildman–Crippen LogP) is 2.82. The summed E-state index contributed by atoms with van der Waals surface area (Å²) in [5.41, 5.74) is 4.33. The fourth-order valence-electron chi connectivity index (χ4n) is 2.48. The van der Waals surface area contributed by atoms with Crippen molar-refractivity contribution >= 4 is 33.2 Å². The Morgan fingerprint density at radius 1 is 1.31 bits per heavy atom. The third-order valence-corrected chi connectivity index (χ3v) is 5.13. The molecule has 0 saturated heterocycles. The minimum Gasteiger partial charge on any atom is -0.309 e. The summed E-state index contributed by atoms with van der Waals surface area (Å²) < 4.78 is 12.9. The zero-order chi connectivity index (χ0) is 18.8. The third kappa shape index (κ3) is 3.70. The molecule has 2 N–H and O–H groups in total. The fraction of sp³-hybridized carbons (Fsp3) is 0.222. The SMILES string of the molecule is C/C(=N\NC(=O)Cc1nc2sc(C)c(C)c2c(=O)[nH]1)c1ccc(F)cc1. The van der Waals surface area contributed by atoms with Crippen molar-refractivity contribution in [3.05, 3.63) is 62.3 Å². The van der Waals surface area contributed by atoms with E-state index in [2.05, 4.69) is 20.5 Å². The van der Waals surface area contributed by atoms with Crippen LogP contribution in [0.25, 0.3) is 10.2 Å². The van der Waals surface area contributed by atoms with Crippen LogP contribution in [0, 0.1) is 19.7 Å². The second kappa shape index (κ2) is 7.17. The quantitative estimate of drug-likeness (QED) is 0.545. The number of aryl methyl sites for hydroxylation is 2. The molecule has 1 amide bonds. The number of nitrogens with zero attached hydrogens (tertiary/aromatic N) is 2. The maximum absolute atomic E-state index is 12.9. The highest BCUT2D eigenvalue weighted by atomic mass is 32.1. The molecule has 6 nitrogen and oxygen atoms in total. The highest BCUT2D eigenvalue weighted by molar-refractivity contribution is 7.18. The van der Waals surface area contributed by atoms with Crippen LogP contribution in [0.3, 0.4) is 0 Å². The number of amides is 1. The lowest BCUT2D eigenvalue weighted by molar-refractivity contribution is -0.120. The molecule has 8 heteroatoms. The summed E-state index contributed by atoms with van der Waals surface area (Å²) in [5, 5.41) is 4.57. The monoisotopic (exact) mass is 372 g/mol. The second-order valence-corrected chi connectivity index (χ2v) is 7.10. The van der Waals surface area contributed by atoms with Gasteiger partial charge in [0.15, 0.2) is 0 Å². The Labute approximate surface area is 152 Å². The van der Waals surface area contributed by atoms with E-state index in [0.717, 1.165) is 10.4 Å². The van der Waals surface area contributed by atoms with Gasteiger partial charge in [0.25, 0.3) is 5.56 Å². The van der Waals surface area contributed by atoms with Gasteiger partial charge in [0.05, 0.1) is 17.5 Å². The maximum atomic E-state index is 12.9. The molecule has 0 aliphatic carbocycles. The van der Waals surface area contributed by atoms with Gasteiger partial charge in [-0.2, -0.15) is 5.10 Å². The molecule has 26 heavy (non-hydrogen) atoms. The molecule has 0 fully saturated rings. The van der Waals surface area contributed by atoms with E-state index in [9.17, 15) is 14.0 Å². The van der Waals surface area contributed by atoms with Gasteiger partial charge in [-0.15, -0.1) is 11.3 Å². The maximum Gasteiger partial charge on any atom is 0.259 e. The molecule has 2 aromatic heterocycles. The van der Waals surface area contributed by atoms with Crippen molar-refractivity contribution < 1.29 is 9.18 Å². The lowest BCUT2D eigenvalue weighted by atomic mass is 10.1. The van der Waals surface area contributed by atoms with E-state index in [4.69, 9.17) is 0 Å². The molecule has 134 valence electrons. The smallest absolute Gasteiger partial charge is 0.259 e. The Morgan fingerprint density at radius 2 is 2.00 bits per heavy atom. The van der Waals surface area contributed by atoms with Crippen LogP contribution in [0.2, 0.25) is 0 Å². The van der Waals surface area contributed by atoms with Gasteiger partial charge in [-0.25, -0.2) is 14.8 Å². The number of rotatable bonds is 4. The van der Waals surface area contributed by atoms with Crippen molar-refractivity contribution in [2.45, 2.75) is 27.2 Å². The molecule has 0 radical (unpaired) electrons. The first-order valence-corrected chi connectivity index (χ1v) is 8.74. The third-order valence-electron chi connectivity index (χ3n) is 4.03. The predicted molar refractivity (Wildman–Crippen MR) is 100 cm³/mol. The molecule has 3 aromatic rings. The number of H-pyrrole nitrogens is 1. The average Bonchev–Trinajstić information content (AvgIpc) is 2.88. The first-order chi connectivity index (χ1) is 12.3. The lowest BCUT2D eigenvalue weighted by Gasteiger charge is -2.03. The van der Waals surface area contributed by atoms with Crippen LogP contribution >= 0.6 is 11.3 Å². The van der Waals surface area contributed by atoms with E-state index >= 15 is 0 Å². The molecule has 0 unspecified atom stereocenters. The van der Waals surface area contributed by atoms with Crippen molar-refractivity contribution in [3.8, 4) is 0 Å². The number of hydrogen-bond acceptors (Lipinski definition) is 5. The first-order valence-electron chi connectivity index (χ1n) is 7.93. The van der Waals surface area contributed by atoms with Crippen LogP contribution in [0.1, 0.15) is 28.8 Å². The number of fused-ring (bicyclic) bond motifs is 1. The number of hydrazone groups is 1. The summed E-state index contributed by atoms with van der Waals surface area (Å²) in [6.07, 6.45) is -0.0959. The summed E-state index contributed by atoms with van der Waals surface area (Å²) in [4.78, 5) is 33.0. The Morgan fingerprint density at radius 3 is 2.69 bits per heavy atom. The summed E-state index contributed by atoms with van der Waals surface area (Å²) >= 11 is 1.43. The number of aromatic amines is 1. The molecule has 0 bridgehead atoms. The van der Waals surface area contributed by atoms with Crippen LogP contribution < -0.4 is 11.0 Å². The van der Waals surface area contributed by atoms with Crippen molar-refractivity contribution in [1.29, 1.82) is 0 Å². The zero-order valence-electron chi connectivity index (χ0n) is 14.5. The molecular weight excluding hydrogens is 355 g/mol. The molecule has 2 heterocycles. The van der Waals surface area contributed by atoms with E-state index in [-0.39, 0.29) is 23.6 Å². The van der Waals surface area contributed by atoms with Gasteiger partial charge in [-0.1, -0.05) is 12.1 Å². The molecular formula is C18H17FN4O2S. The molecule has 1 aromatic carbocycles. The zero-order valence-corrected chi connectivity index (χ0v) is 15.3. The van der Waals surface area contributed by atoms with Crippen molar-refractivity contribution in [1.82, 2.24) is 15.4 Å². The van der Waals surface area contributed by atoms with Gasteiger partial charge in [0, 0.05) is 4.88 Å². The highest BCUT2D eigenvalue weighted by Gasteiger charge is 2.13. The molecule has 0 saturated carbocycles. The number of carbonyl (C=O) groups is 1. The lowest BCUT2D eigenvalue weighted by Crippen LogP contribution is -2.24. The fourth-order valence-corrected chi connectivity index (χ4v) is 3.53. The number of benzene rings is 1. The second-order valence-electron chi connectivity index (χ2n) is 5.89. The van der Waals surface area contributed by atoms with Crippen LogP contribution in [-0.4, -0.2) is 21.6 Å². The summed E-state index contributed by atoms with van der Waals surface area (Å²) in [7, 11) is 0. The standard InChI is InChI=1S/C18H17FN4O2S/c1-9-11(3)26-18-16(9)17(25)20-14(21-18)8-15(24)23-22-10(2)12-4-6-13(19)7-5-12/h4-7H,8H2,1-3H3,(H,23,24)(H,20,21,25)/b22-10+. The van der Waals surface area contributed by atoms with Crippen molar-refractivity contribution in [2.75, 3.05) is 0 Å². The van der Waals surface area contributed by atoms with Crippen LogP contribution in [0.4, 0.5) is 4.39 Å². The Kier molecular flexibility index (Phi) is 4.94. The first kappa shape index (κ1) is 17.9. The van der Waals surface area contributed by atoms with E-state index in [1.54, 1.807) is 19.1 Å².